The molecule has 0 spiro atoms. The normalized spacial score (nSPS) is 9.89. The molecule has 0 radical (unpaired) electrons. The number of hydrogen-bond donors (Lipinski definition) is 3. The fourth-order valence-electron chi connectivity index (χ4n) is 1.36. The molecule has 0 rings (SSSR count). The molecule has 5 nitrogen and oxygen atoms in total. The zero-order valence-electron chi connectivity index (χ0n) is 11.3. The molecule has 5 heteroatoms. The van der Waals surface area contributed by atoms with E-state index in [0.29, 0.717) is 31.6 Å². The molecule has 0 aliphatic rings. The third-order valence-corrected chi connectivity index (χ3v) is 2.46. The van der Waals surface area contributed by atoms with E-state index in [1.807, 2.05) is 0 Å². The lowest BCUT2D eigenvalue weighted by molar-refractivity contribution is -0.121. The minimum absolute atomic E-state index is 0.0678. The Bertz CT molecular complexity index is 277. The largest absolute Gasteiger partial charge is 0.356 e. The number of hydrogen-bond acceptors (Lipinski definition) is 3. The minimum Gasteiger partial charge on any atom is -0.356 e. The lowest BCUT2D eigenvalue weighted by Gasteiger charge is -2.06. The van der Waals surface area contributed by atoms with E-state index in [1.165, 1.54) is 0 Å². The van der Waals surface area contributed by atoms with Crippen molar-refractivity contribution in [3.05, 3.63) is 12.2 Å². The van der Waals surface area contributed by atoms with Gasteiger partial charge in [-0.1, -0.05) is 13.0 Å². The molecule has 0 aliphatic carbocycles. The van der Waals surface area contributed by atoms with Crippen LogP contribution in [0.25, 0.3) is 0 Å². The molecule has 2 amide bonds. The SMILES string of the molecule is C=C(C)C(=O)NCCCNC(=O)CCCCCN. The van der Waals surface area contributed by atoms with Gasteiger partial charge >= 0.3 is 0 Å². The first-order valence-corrected chi connectivity index (χ1v) is 6.48. The molecule has 0 aromatic carbocycles. The Balaban J connectivity index is 3.35. The number of amides is 2. The van der Waals surface area contributed by atoms with Gasteiger partial charge in [0.2, 0.25) is 11.8 Å². The maximum absolute atomic E-state index is 11.4. The van der Waals surface area contributed by atoms with Crippen LogP contribution in [0, 0.1) is 0 Å². The first-order valence-electron chi connectivity index (χ1n) is 6.48. The zero-order valence-corrected chi connectivity index (χ0v) is 11.3. The van der Waals surface area contributed by atoms with E-state index in [1.54, 1.807) is 6.92 Å². The van der Waals surface area contributed by atoms with E-state index >= 15 is 0 Å². The van der Waals surface area contributed by atoms with Crippen molar-refractivity contribution in [2.75, 3.05) is 19.6 Å². The second kappa shape index (κ2) is 10.8. The highest BCUT2D eigenvalue weighted by molar-refractivity contribution is 5.92. The summed E-state index contributed by atoms with van der Waals surface area (Å²) in [5.41, 5.74) is 5.86. The van der Waals surface area contributed by atoms with Gasteiger partial charge in [-0.25, -0.2) is 0 Å². The van der Waals surface area contributed by atoms with E-state index in [4.69, 9.17) is 5.73 Å². The summed E-state index contributed by atoms with van der Waals surface area (Å²) in [7, 11) is 0. The number of nitrogens with two attached hydrogens (primary N) is 1. The molecule has 0 atom stereocenters. The van der Waals surface area contributed by atoms with Gasteiger partial charge in [0.25, 0.3) is 0 Å². The van der Waals surface area contributed by atoms with Crippen LogP contribution in [0.3, 0.4) is 0 Å². The van der Waals surface area contributed by atoms with Crippen LogP contribution in [-0.4, -0.2) is 31.4 Å². The van der Waals surface area contributed by atoms with Crippen LogP contribution < -0.4 is 16.4 Å². The summed E-state index contributed by atoms with van der Waals surface area (Å²) >= 11 is 0. The summed E-state index contributed by atoms with van der Waals surface area (Å²) in [5, 5.41) is 5.53. The van der Waals surface area contributed by atoms with Gasteiger partial charge < -0.3 is 16.4 Å². The molecule has 0 heterocycles. The number of rotatable bonds is 10. The van der Waals surface area contributed by atoms with Crippen LogP contribution >= 0.6 is 0 Å². The summed E-state index contributed by atoms with van der Waals surface area (Å²) in [5.74, 6) is -0.0682. The van der Waals surface area contributed by atoms with Gasteiger partial charge in [-0.3, -0.25) is 9.59 Å². The summed E-state index contributed by atoms with van der Waals surface area (Å²) in [4.78, 5) is 22.5. The van der Waals surface area contributed by atoms with Crippen molar-refractivity contribution in [1.29, 1.82) is 0 Å². The highest BCUT2D eigenvalue weighted by Crippen LogP contribution is 1.98. The van der Waals surface area contributed by atoms with Crippen LogP contribution in [0.15, 0.2) is 12.2 Å². The van der Waals surface area contributed by atoms with Crippen molar-refractivity contribution < 1.29 is 9.59 Å². The standard InChI is InChI=1S/C13H25N3O2/c1-11(2)13(18)16-10-6-9-15-12(17)7-4-3-5-8-14/h1,3-10,14H2,2H3,(H,15,17)(H,16,18). The van der Waals surface area contributed by atoms with Crippen molar-refractivity contribution in [3.63, 3.8) is 0 Å². The molecule has 0 aromatic heterocycles. The number of carbonyl (C=O) groups excluding carboxylic acids is 2. The Morgan fingerprint density at radius 1 is 1.06 bits per heavy atom. The molecular weight excluding hydrogens is 230 g/mol. The van der Waals surface area contributed by atoms with Gasteiger partial charge in [0.05, 0.1) is 0 Å². The summed E-state index contributed by atoms with van der Waals surface area (Å²) in [6.45, 7) is 7.03. The second-order valence-electron chi connectivity index (χ2n) is 4.34. The fourth-order valence-corrected chi connectivity index (χ4v) is 1.36. The maximum Gasteiger partial charge on any atom is 0.246 e. The number of unbranched alkanes of at least 4 members (excludes halogenated alkanes) is 2. The Kier molecular flexibility index (Phi) is 9.96. The van der Waals surface area contributed by atoms with E-state index in [0.717, 1.165) is 25.7 Å². The zero-order chi connectivity index (χ0) is 13.8. The van der Waals surface area contributed by atoms with Crippen LogP contribution in [0.4, 0.5) is 0 Å². The summed E-state index contributed by atoms with van der Waals surface area (Å²) in [6.07, 6.45) is 4.14. The number of nitrogens with one attached hydrogen (secondary N) is 2. The van der Waals surface area contributed by atoms with Gasteiger partial charge in [-0.05, 0) is 32.7 Å². The fraction of sp³-hybridized carbons (Fsp3) is 0.692. The van der Waals surface area contributed by atoms with Gasteiger partial charge in [-0.15, -0.1) is 0 Å². The summed E-state index contributed by atoms with van der Waals surface area (Å²) < 4.78 is 0. The van der Waals surface area contributed by atoms with Gasteiger partial charge in [0.15, 0.2) is 0 Å². The van der Waals surface area contributed by atoms with Crippen molar-refractivity contribution in [3.8, 4) is 0 Å². The lowest BCUT2D eigenvalue weighted by Crippen LogP contribution is -2.29. The van der Waals surface area contributed by atoms with E-state index in [9.17, 15) is 9.59 Å². The lowest BCUT2D eigenvalue weighted by atomic mass is 10.2. The molecule has 18 heavy (non-hydrogen) atoms. The smallest absolute Gasteiger partial charge is 0.246 e. The Hall–Kier alpha value is -1.36. The van der Waals surface area contributed by atoms with Crippen molar-refractivity contribution >= 4 is 11.8 Å². The molecule has 0 saturated carbocycles. The first-order chi connectivity index (χ1) is 8.57. The monoisotopic (exact) mass is 255 g/mol. The van der Waals surface area contributed by atoms with Gasteiger partial charge in [0.1, 0.15) is 0 Å². The van der Waals surface area contributed by atoms with Gasteiger partial charge in [0, 0.05) is 25.1 Å². The molecule has 0 aromatic rings. The molecule has 104 valence electrons. The first kappa shape index (κ1) is 16.6. The predicted molar refractivity (Wildman–Crippen MR) is 73.0 cm³/mol. The van der Waals surface area contributed by atoms with E-state index in [-0.39, 0.29) is 11.8 Å². The average molecular weight is 255 g/mol. The van der Waals surface area contributed by atoms with E-state index in [2.05, 4.69) is 17.2 Å². The van der Waals surface area contributed by atoms with Crippen molar-refractivity contribution in [1.82, 2.24) is 10.6 Å². The highest BCUT2D eigenvalue weighted by atomic mass is 16.2. The maximum atomic E-state index is 11.4. The van der Waals surface area contributed by atoms with E-state index < -0.39 is 0 Å². The average Bonchev–Trinajstić information content (AvgIpc) is 2.33. The van der Waals surface area contributed by atoms with Gasteiger partial charge in [-0.2, -0.15) is 0 Å². The molecule has 0 aliphatic heterocycles. The molecule has 0 unspecified atom stereocenters. The second-order valence-corrected chi connectivity index (χ2v) is 4.34. The van der Waals surface area contributed by atoms with Crippen LogP contribution in [-0.2, 0) is 9.59 Å². The Morgan fingerprint density at radius 3 is 2.33 bits per heavy atom. The van der Waals surface area contributed by atoms with Crippen molar-refractivity contribution in [2.24, 2.45) is 5.73 Å². The quantitative estimate of drug-likeness (QED) is 0.397. The summed E-state index contributed by atoms with van der Waals surface area (Å²) in [6, 6.07) is 0. The van der Waals surface area contributed by atoms with Crippen LogP contribution in [0.2, 0.25) is 0 Å². The topological polar surface area (TPSA) is 84.2 Å². The van der Waals surface area contributed by atoms with Crippen molar-refractivity contribution in [2.45, 2.75) is 39.0 Å². The molecule has 0 saturated heterocycles. The Morgan fingerprint density at radius 2 is 1.72 bits per heavy atom. The van der Waals surface area contributed by atoms with Crippen LogP contribution in [0.5, 0.6) is 0 Å². The third-order valence-electron chi connectivity index (χ3n) is 2.46. The van der Waals surface area contributed by atoms with Crippen LogP contribution in [0.1, 0.15) is 39.0 Å². The minimum atomic E-state index is -0.136. The predicted octanol–water partition coefficient (Wildman–Crippen LogP) is 0.704. The Labute approximate surface area is 109 Å². The molecule has 0 bridgehead atoms. The number of carbonyl (C=O) groups is 2. The highest BCUT2D eigenvalue weighted by Gasteiger charge is 2.01. The third kappa shape index (κ3) is 9.84. The molecule has 0 fully saturated rings. The molecule has 4 N–H and O–H groups in total. The molecular formula is C13H25N3O2.